The molecular weight excluding hydrogens is 440 g/mol. The van der Waals surface area contributed by atoms with Crippen LogP contribution < -0.4 is 21.3 Å². The Labute approximate surface area is 203 Å². The Balaban J connectivity index is 2.26. The van der Waals surface area contributed by atoms with Gasteiger partial charge in [-0.25, -0.2) is 9.59 Å². The monoisotopic (exact) mass is 482 g/mol. The third kappa shape index (κ3) is 14.0. The van der Waals surface area contributed by atoms with Crippen LogP contribution in [-0.2, 0) is 18.9 Å². The second-order valence-electron chi connectivity index (χ2n) is 7.30. The first kappa shape index (κ1) is 29.6. The molecule has 0 spiro atoms. The van der Waals surface area contributed by atoms with Crippen molar-refractivity contribution in [2.45, 2.75) is 66.0 Å². The fraction of sp³-hybridized carbons (Fsp3) is 0.667. The van der Waals surface area contributed by atoms with Crippen molar-refractivity contribution in [3.63, 3.8) is 0 Å². The number of hydrogen-bond donors (Lipinski definition) is 4. The second kappa shape index (κ2) is 19.0. The van der Waals surface area contributed by atoms with Crippen molar-refractivity contribution >= 4 is 23.4 Å². The van der Waals surface area contributed by atoms with Crippen molar-refractivity contribution in [1.82, 2.24) is 10.6 Å². The minimum absolute atomic E-state index is 0.237. The van der Waals surface area contributed by atoms with Crippen molar-refractivity contribution in [1.29, 1.82) is 0 Å². The van der Waals surface area contributed by atoms with E-state index in [2.05, 4.69) is 21.3 Å². The van der Waals surface area contributed by atoms with Crippen molar-refractivity contribution in [2.24, 2.45) is 0 Å². The van der Waals surface area contributed by atoms with Gasteiger partial charge in [-0.05, 0) is 64.8 Å². The van der Waals surface area contributed by atoms with Crippen molar-refractivity contribution < 1.29 is 28.5 Å². The number of carbonyl (C=O) groups excluding carboxylic acids is 2. The maximum absolute atomic E-state index is 12.1. The van der Waals surface area contributed by atoms with Gasteiger partial charge in [0.25, 0.3) is 0 Å². The quantitative estimate of drug-likeness (QED) is 0.183. The van der Waals surface area contributed by atoms with E-state index in [1.54, 1.807) is 24.3 Å². The van der Waals surface area contributed by atoms with Gasteiger partial charge in [0.05, 0.1) is 0 Å². The van der Waals surface area contributed by atoms with Crippen molar-refractivity contribution in [3.8, 4) is 0 Å². The first-order chi connectivity index (χ1) is 16.5. The fourth-order valence-corrected chi connectivity index (χ4v) is 3.10. The van der Waals surface area contributed by atoms with Crippen LogP contribution in [0, 0.1) is 0 Å². The van der Waals surface area contributed by atoms with Gasteiger partial charge < -0.3 is 40.2 Å². The predicted octanol–water partition coefficient (Wildman–Crippen LogP) is 4.29. The molecule has 0 radical (unpaired) electrons. The number of ether oxygens (including phenoxy) is 4. The van der Waals surface area contributed by atoms with Gasteiger partial charge in [0.1, 0.15) is 0 Å². The molecule has 0 saturated carbocycles. The third-order valence-electron chi connectivity index (χ3n) is 4.62. The average molecular weight is 483 g/mol. The van der Waals surface area contributed by atoms with Crippen LogP contribution in [-0.4, -0.2) is 64.2 Å². The van der Waals surface area contributed by atoms with Gasteiger partial charge in [0.2, 0.25) is 0 Å². The van der Waals surface area contributed by atoms with Gasteiger partial charge in [-0.2, -0.15) is 0 Å². The molecule has 0 atom stereocenters. The summed E-state index contributed by atoms with van der Waals surface area (Å²) in [4.78, 5) is 24.1. The third-order valence-corrected chi connectivity index (χ3v) is 4.62. The first-order valence-electron chi connectivity index (χ1n) is 12.2. The number of carbonyl (C=O) groups is 2. The summed E-state index contributed by atoms with van der Waals surface area (Å²) in [6, 6.07) is 6.32. The Morgan fingerprint density at radius 1 is 0.647 bits per heavy atom. The second-order valence-corrected chi connectivity index (χ2v) is 7.30. The maximum atomic E-state index is 12.1. The molecule has 4 N–H and O–H groups in total. The van der Waals surface area contributed by atoms with Gasteiger partial charge in [0, 0.05) is 63.7 Å². The minimum atomic E-state index is -0.291. The van der Waals surface area contributed by atoms with Crippen LogP contribution in [0.2, 0.25) is 0 Å². The van der Waals surface area contributed by atoms with E-state index in [0.29, 0.717) is 63.7 Å². The summed E-state index contributed by atoms with van der Waals surface area (Å²) in [7, 11) is 0. The Morgan fingerprint density at radius 3 is 1.26 bits per heavy atom. The van der Waals surface area contributed by atoms with E-state index in [-0.39, 0.29) is 24.6 Å². The van der Waals surface area contributed by atoms with Gasteiger partial charge in [-0.1, -0.05) is 0 Å². The number of nitrogens with one attached hydrogen (secondary N) is 4. The molecule has 0 saturated heterocycles. The van der Waals surface area contributed by atoms with E-state index in [4.69, 9.17) is 18.9 Å². The zero-order valence-electron chi connectivity index (χ0n) is 21.0. The lowest BCUT2D eigenvalue weighted by Gasteiger charge is -2.17. The molecule has 34 heavy (non-hydrogen) atoms. The molecule has 0 aliphatic carbocycles. The number of rotatable bonds is 18. The Kier molecular flexibility index (Phi) is 16.5. The van der Waals surface area contributed by atoms with Gasteiger partial charge >= 0.3 is 12.1 Å². The molecule has 1 rings (SSSR count). The summed E-state index contributed by atoms with van der Waals surface area (Å²) in [6.07, 6.45) is 2.44. The first-order valence-corrected chi connectivity index (χ1v) is 12.2. The average Bonchev–Trinajstić information content (AvgIpc) is 2.81. The summed E-state index contributed by atoms with van der Waals surface area (Å²) in [5, 5.41) is 11.2. The molecule has 194 valence electrons. The number of benzene rings is 1. The number of anilines is 2. The van der Waals surface area contributed by atoms with Crippen LogP contribution in [0.4, 0.5) is 21.0 Å². The standard InChI is InChI=1S/C24H42N4O6/c1-5-31-21(32-6-2)11-9-17-25-23(29)27-19-13-15-20(16-14-19)28-24(30)26-18-10-12-22(33-7-3)34-8-4/h13-16,21-22H,5-12,17-18H2,1-4H3,(H2,25,27,29)(H2,26,28,30). The molecule has 0 bridgehead atoms. The van der Waals surface area contributed by atoms with Crippen LogP contribution in [0.25, 0.3) is 0 Å². The predicted molar refractivity (Wildman–Crippen MR) is 133 cm³/mol. The van der Waals surface area contributed by atoms with Gasteiger partial charge in [-0.3, -0.25) is 0 Å². The molecule has 0 aromatic heterocycles. The number of amides is 4. The Hall–Kier alpha value is -2.40. The van der Waals surface area contributed by atoms with E-state index in [1.165, 1.54) is 0 Å². The molecule has 0 fully saturated rings. The molecule has 10 heteroatoms. The minimum Gasteiger partial charge on any atom is -0.353 e. The maximum Gasteiger partial charge on any atom is 0.319 e. The molecular formula is C24H42N4O6. The zero-order valence-corrected chi connectivity index (χ0v) is 21.0. The summed E-state index contributed by atoms with van der Waals surface area (Å²) in [6.45, 7) is 11.1. The lowest BCUT2D eigenvalue weighted by molar-refractivity contribution is -0.140. The van der Waals surface area contributed by atoms with Gasteiger partial charge in [0.15, 0.2) is 12.6 Å². The Bertz CT molecular complexity index is 605. The molecule has 1 aromatic carbocycles. The van der Waals surface area contributed by atoms with E-state index >= 15 is 0 Å². The van der Waals surface area contributed by atoms with Crippen molar-refractivity contribution in [3.05, 3.63) is 24.3 Å². The molecule has 10 nitrogen and oxygen atoms in total. The van der Waals surface area contributed by atoms with Crippen LogP contribution >= 0.6 is 0 Å². The van der Waals surface area contributed by atoms with E-state index in [1.807, 2.05) is 27.7 Å². The smallest absolute Gasteiger partial charge is 0.319 e. The zero-order chi connectivity index (χ0) is 25.0. The molecule has 0 unspecified atom stereocenters. The topological polar surface area (TPSA) is 119 Å². The van der Waals surface area contributed by atoms with Crippen LogP contribution in [0.1, 0.15) is 53.4 Å². The molecule has 0 heterocycles. The summed E-state index contributed by atoms with van der Waals surface area (Å²) in [5.74, 6) is 0. The molecule has 0 aliphatic rings. The van der Waals surface area contributed by atoms with E-state index in [0.717, 1.165) is 12.8 Å². The highest BCUT2D eigenvalue weighted by Crippen LogP contribution is 2.13. The summed E-state index contributed by atoms with van der Waals surface area (Å²) < 4.78 is 21.9. The highest BCUT2D eigenvalue weighted by Gasteiger charge is 2.09. The lowest BCUT2D eigenvalue weighted by atomic mass is 10.3. The largest absolute Gasteiger partial charge is 0.353 e. The van der Waals surface area contributed by atoms with Crippen molar-refractivity contribution in [2.75, 3.05) is 50.2 Å². The summed E-state index contributed by atoms with van der Waals surface area (Å²) >= 11 is 0. The normalized spacial score (nSPS) is 11.0. The number of hydrogen-bond acceptors (Lipinski definition) is 6. The van der Waals surface area contributed by atoms with Crippen LogP contribution in [0.15, 0.2) is 24.3 Å². The SMILES string of the molecule is CCOC(CCCNC(=O)Nc1ccc(NC(=O)NCCCC(OCC)OCC)cc1)OCC. The molecule has 0 aliphatic heterocycles. The van der Waals surface area contributed by atoms with Crippen LogP contribution in [0.3, 0.4) is 0 Å². The summed E-state index contributed by atoms with van der Waals surface area (Å²) in [5.41, 5.74) is 1.26. The Morgan fingerprint density at radius 2 is 0.971 bits per heavy atom. The van der Waals surface area contributed by atoms with E-state index in [9.17, 15) is 9.59 Å². The van der Waals surface area contributed by atoms with Gasteiger partial charge in [-0.15, -0.1) is 0 Å². The van der Waals surface area contributed by atoms with Crippen LogP contribution in [0.5, 0.6) is 0 Å². The number of urea groups is 2. The fourth-order valence-electron chi connectivity index (χ4n) is 3.10. The van der Waals surface area contributed by atoms with E-state index < -0.39 is 0 Å². The molecule has 1 aromatic rings. The highest BCUT2D eigenvalue weighted by molar-refractivity contribution is 5.91. The lowest BCUT2D eigenvalue weighted by Crippen LogP contribution is -2.31. The molecule has 4 amide bonds. The highest BCUT2D eigenvalue weighted by atomic mass is 16.7.